The van der Waals surface area contributed by atoms with Gasteiger partial charge in [0.1, 0.15) is 16.7 Å². The van der Waals surface area contributed by atoms with Crippen molar-refractivity contribution >= 4 is 33.1 Å². The summed E-state index contributed by atoms with van der Waals surface area (Å²) in [5, 5.41) is -0.447. The van der Waals surface area contributed by atoms with E-state index >= 15 is 8.78 Å². The molecular formula is C23H26ClF3N4O2S. The van der Waals surface area contributed by atoms with Gasteiger partial charge in [0, 0.05) is 35.6 Å². The van der Waals surface area contributed by atoms with Crippen LogP contribution in [-0.2, 0) is 10.0 Å². The lowest BCUT2D eigenvalue weighted by atomic mass is 9.92. The summed E-state index contributed by atoms with van der Waals surface area (Å²) in [4.78, 5) is 6.49. The summed E-state index contributed by atoms with van der Waals surface area (Å²) in [6, 6.07) is 4.88. The van der Waals surface area contributed by atoms with Gasteiger partial charge in [-0.15, -0.1) is 0 Å². The molecule has 1 aliphatic carbocycles. The van der Waals surface area contributed by atoms with E-state index in [2.05, 4.69) is 30.8 Å². The van der Waals surface area contributed by atoms with Crippen LogP contribution >= 0.6 is 11.6 Å². The highest BCUT2D eigenvalue weighted by atomic mass is 35.5. The fourth-order valence-electron chi connectivity index (χ4n) is 5.92. The Hall–Kier alpha value is -2.04. The Bertz CT molecular complexity index is 1280. The number of hydrogen-bond donors (Lipinski definition) is 1. The molecule has 6 nitrogen and oxygen atoms in total. The molecule has 3 fully saturated rings. The van der Waals surface area contributed by atoms with Crippen LogP contribution in [0.1, 0.15) is 39.5 Å². The maximum atomic E-state index is 15.2. The third-order valence-electron chi connectivity index (χ3n) is 8.02. The number of anilines is 2. The third kappa shape index (κ3) is 3.56. The largest absolute Gasteiger partial charge is 0.367 e. The van der Waals surface area contributed by atoms with E-state index in [4.69, 9.17) is 11.6 Å². The first-order valence-corrected chi connectivity index (χ1v) is 13.1. The highest BCUT2D eigenvalue weighted by molar-refractivity contribution is 7.92. The fraction of sp³-hybridized carbons (Fsp3) is 0.522. The Morgan fingerprint density at radius 1 is 1.18 bits per heavy atom. The topological polar surface area (TPSA) is 65.5 Å². The van der Waals surface area contributed by atoms with Gasteiger partial charge in [-0.25, -0.2) is 22.2 Å². The van der Waals surface area contributed by atoms with Crippen LogP contribution in [0.2, 0.25) is 5.02 Å². The minimum atomic E-state index is -4.74. The Balaban J connectivity index is 1.44. The molecule has 11 heteroatoms. The number of nitrogens with zero attached hydrogens (tertiary/aromatic N) is 3. The quantitative estimate of drug-likeness (QED) is 0.459. The molecule has 1 aromatic heterocycles. The van der Waals surface area contributed by atoms with Crippen molar-refractivity contribution in [1.82, 2.24) is 9.88 Å². The molecule has 0 bridgehead atoms. The fourth-order valence-corrected chi connectivity index (χ4v) is 7.38. The molecule has 1 saturated carbocycles. The van der Waals surface area contributed by atoms with Gasteiger partial charge in [-0.05, 0) is 58.7 Å². The molecule has 0 spiro atoms. The monoisotopic (exact) mass is 514 g/mol. The molecule has 0 radical (unpaired) electrons. The number of piperidine rings is 1. The van der Waals surface area contributed by atoms with Crippen LogP contribution in [0.4, 0.5) is 24.7 Å². The van der Waals surface area contributed by atoms with E-state index in [1.165, 1.54) is 12.1 Å². The zero-order valence-electron chi connectivity index (χ0n) is 19.1. The normalized spacial score (nSPS) is 28.3. The van der Waals surface area contributed by atoms with Gasteiger partial charge in [-0.2, -0.15) is 4.39 Å². The van der Waals surface area contributed by atoms with E-state index in [9.17, 15) is 12.8 Å². The summed E-state index contributed by atoms with van der Waals surface area (Å²) in [6.07, 6.45) is 3.95. The van der Waals surface area contributed by atoms with Crippen molar-refractivity contribution in [3.63, 3.8) is 0 Å². The molecule has 2 aliphatic heterocycles. The molecular weight excluding hydrogens is 489 g/mol. The Kier molecular flexibility index (Phi) is 5.39. The summed E-state index contributed by atoms with van der Waals surface area (Å²) >= 11 is 6.29. The first-order valence-electron chi connectivity index (χ1n) is 11.2. The maximum absolute atomic E-state index is 15.2. The molecule has 34 heavy (non-hydrogen) atoms. The molecule has 2 saturated heterocycles. The average molecular weight is 515 g/mol. The van der Waals surface area contributed by atoms with E-state index in [-0.39, 0.29) is 22.7 Å². The number of benzene rings is 1. The van der Waals surface area contributed by atoms with Gasteiger partial charge in [0.2, 0.25) is 5.95 Å². The van der Waals surface area contributed by atoms with Gasteiger partial charge in [0.25, 0.3) is 10.0 Å². The Labute approximate surface area is 202 Å². The predicted molar refractivity (Wildman–Crippen MR) is 124 cm³/mol. The number of halogens is 4. The molecule has 1 N–H and O–H groups in total. The minimum Gasteiger partial charge on any atom is -0.367 e. The van der Waals surface area contributed by atoms with Gasteiger partial charge in [-0.1, -0.05) is 17.7 Å². The smallest absolute Gasteiger partial charge is 0.268 e. The molecule has 0 amide bonds. The zero-order chi connectivity index (χ0) is 24.6. The lowest BCUT2D eigenvalue weighted by Crippen LogP contribution is -2.44. The number of hydrogen-bond acceptors (Lipinski definition) is 5. The third-order valence-corrected chi connectivity index (χ3v) is 9.77. The minimum absolute atomic E-state index is 0.0498. The Morgan fingerprint density at radius 2 is 1.91 bits per heavy atom. The first-order chi connectivity index (χ1) is 15.9. The van der Waals surface area contributed by atoms with Crippen molar-refractivity contribution in [3.8, 4) is 0 Å². The van der Waals surface area contributed by atoms with Gasteiger partial charge in [0.15, 0.2) is 10.7 Å². The molecule has 1 unspecified atom stereocenters. The number of pyridine rings is 1. The van der Waals surface area contributed by atoms with Gasteiger partial charge < -0.3 is 4.90 Å². The van der Waals surface area contributed by atoms with Crippen molar-refractivity contribution in [1.29, 1.82) is 0 Å². The van der Waals surface area contributed by atoms with Crippen molar-refractivity contribution in [2.45, 2.75) is 62.0 Å². The van der Waals surface area contributed by atoms with Crippen molar-refractivity contribution < 1.29 is 21.6 Å². The summed E-state index contributed by atoms with van der Waals surface area (Å²) in [5.74, 6) is -3.98. The van der Waals surface area contributed by atoms with E-state index in [1.807, 2.05) is 9.62 Å². The molecule has 2 aromatic rings. The maximum Gasteiger partial charge on any atom is 0.268 e. The molecule has 3 heterocycles. The Morgan fingerprint density at radius 3 is 2.53 bits per heavy atom. The number of sulfonamides is 1. The molecule has 3 atom stereocenters. The number of nitrogens with one attached hydrogen (secondary N) is 1. The van der Waals surface area contributed by atoms with E-state index in [0.717, 1.165) is 37.8 Å². The number of likely N-dealkylation sites (tertiary alicyclic amines) is 1. The number of rotatable bonds is 5. The molecule has 184 valence electrons. The average Bonchev–Trinajstić information content (AvgIpc) is 3.24. The summed E-state index contributed by atoms with van der Waals surface area (Å²) in [6.45, 7) is 5.04. The predicted octanol–water partition coefficient (Wildman–Crippen LogP) is 4.79. The highest BCUT2D eigenvalue weighted by Crippen LogP contribution is 2.64. The summed E-state index contributed by atoms with van der Waals surface area (Å²) in [5.41, 5.74) is 0.313. The highest BCUT2D eigenvalue weighted by Gasteiger charge is 2.67. The van der Waals surface area contributed by atoms with Crippen molar-refractivity contribution in [3.05, 3.63) is 46.9 Å². The van der Waals surface area contributed by atoms with Gasteiger partial charge >= 0.3 is 0 Å². The second-order valence-electron chi connectivity index (χ2n) is 10.2. The molecule has 1 aromatic carbocycles. The first kappa shape index (κ1) is 23.7. The lowest BCUT2D eigenvalue weighted by molar-refractivity contribution is 0.121. The van der Waals surface area contributed by atoms with E-state index in [0.29, 0.717) is 12.6 Å². The van der Waals surface area contributed by atoms with Crippen molar-refractivity contribution in [2.75, 3.05) is 23.2 Å². The van der Waals surface area contributed by atoms with Gasteiger partial charge in [-0.3, -0.25) is 9.62 Å². The molecule has 3 aliphatic rings. The summed E-state index contributed by atoms with van der Waals surface area (Å²) in [7, 11) is -2.61. The standard InChI is InChI=1S/C23H26ClF3N4O2S/c1-22(2)8-7-15(30(22)3)23-9-10-31(16(23)12-23)14-11-13(25)21(20(27)19(14)24)34(32,33)29-18-6-4-5-17(26)28-18/h4-6,11,15-16H,7-10,12H2,1-3H3,(H,28,29)/t15-,16?,23-/m0/s1. The van der Waals surface area contributed by atoms with Crippen molar-refractivity contribution in [2.24, 2.45) is 5.41 Å². The van der Waals surface area contributed by atoms with E-state index < -0.39 is 43.3 Å². The van der Waals surface area contributed by atoms with Crippen LogP contribution in [0.3, 0.4) is 0 Å². The number of fused-ring (bicyclic) bond motifs is 1. The van der Waals surface area contributed by atoms with Crippen LogP contribution in [0.15, 0.2) is 29.2 Å². The molecule has 5 rings (SSSR count). The van der Waals surface area contributed by atoms with E-state index in [1.54, 1.807) is 0 Å². The van der Waals surface area contributed by atoms with Crippen LogP contribution in [0.5, 0.6) is 0 Å². The second kappa shape index (κ2) is 7.73. The van der Waals surface area contributed by atoms with Crippen LogP contribution in [-0.4, -0.2) is 49.5 Å². The van der Waals surface area contributed by atoms with Crippen LogP contribution in [0, 0.1) is 23.0 Å². The second-order valence-corrected chi connectivity index (χ2v) is 12.2. The van der Waals surface area contributed by atoms with Gasteiger partial charge in [0.05, 0.1) is 5.69 Å². The summed E-state index contributed by atoms with van der Waals surface area (Å²) < 4.78 is 70.9. The zero-order valence-corrected chi connectivity index (χ0v) is 20.7. The number of aromatic nitrogens is 1. The lowest BCUT2D eigenvalue weighted by Gasteiger charge is -2.35. The van der Waals surface area contributed by atoms with Crippen LogP contribution < -0.4 is 9.62 Å². The SMILES string of the molecule is CN1[C@H]([C@@]23CCN(c4cc(F)c(S(=O)(=O)Nc5cccc(F)n5)c(F)c4Cl)C2C3)CCC1(C)C. The van der Waals surface area contributed by atoms with Crippen LogP contribution in [0.25, 0.3) is 0 Å².